The molecule has 2 aromatic carbocycles. The molecule has 0 atom stereocenters. The molecule has 0 saturated heterocycles. The summed E-state index contributed by atoms with van der Waals surface area (Å²) in [4.78, 5) is 8.52. The molecule has 8 heteroatoms. The van der Waals surface area contributed by atoms with Crippen LogP contribution in [0.15, 0.2) is 53.5 Å². The van der Waals surface area contributed by atoms with Crippen LogP contribution >= 0.6 is 0 Å². The van der Waals surface area contributed by atoms with E-state index >= 15 is 0 Å². The Morgan fingerprint density at radius 1 is 1.03 bits per heavy atom. The zero-order chi connectivity index (χ0) is 21.3. The van der Waals surface area contributed by atoms with Crippen LogP contribution in [0.5, 0.6) is 0 Å². The first-order chi connectivity index (χ1) is 13.6. The first-order valence-electron chi connectivity index (χ1n) is 8.62. The Balaban J connectivity index is 2.17. The molecule has 0 amide bonds. The highest BCUT2D eigenvalue weighted by Gasteiger charge is 2.33. The van der Waals surface area contributed by atoms with Crippen molar-refractivity contribution in [2.45, 2.75) is 20.0 Å². The Hall–Kier alpha value is -3.42. The molecule has 150 valence electrons. The van der Waals surface area contributed by atoms with Gasteiger partial charge < -0.3 is 11.5 Å². The number of nitrogens with zero attached hydrogens (tertiary/aromatic N) is 2. The van der Waals surface area contributed by atoms with Crippen LogP contribution in [0, 0.1) is 19.7 Å². The Kier molecular flexibility index (Phi) is 5.28. The predicted octanol–water partition coefficient (Wildman–Crippen LogP) is 5.14. The maximum absolute atomic E-state index is 13.5. The molecule has 0 unspecified atom stereocenters. The summed E-state index contributed by atoms with van der Waals surface area (Å²) in [5.74, 6) is -0.488. The lowest BCUT2D eigenvalue weighted by molar-refractivity contribution is -0.137. The lowest BCUT2D eigenvalue weighted by Crippen LogP contribution is -2.16. The van der Waals surface area contributed by atoms with Gasteiger partial charge in [0, 0.05) is 16.8 Å². The highest BCUT2D eigenvalue weighted by atomic mass is 19.4. The lowest BCUT2D eigenvalue weighted by Gasteiger charge is -2.14. The molecule has 4 nitrogen and oxygen atoms in total. The van der Waals surface area contributed by atoms with Gasteiger partial charge in [0.1, 0.15) is 11.7 Å². The summed E-state index contributed by atoms with van der Waals surface area (Å²) >= 11 is 0. The maximum atomic E-state index is 13.5. The summed E-state index contributed by atoms with van der Waals surface area (Å²) < 4.78 is 53.8. The van der Waals surface area contributed by atoms with E-state index in [1.54, 1.807) is 19.9 Å². The quantitative estimate of drug-likeness (QED) is 0.276. The van der Waals surface area contributed by atoms with E-state index in [0.717, 1.165) is 12.1 Å². The van der Waals surface area contributed by atoms with Crippen LogP contribution in [0.3, 0.4) is 0 Å². The van der Waals surface area contributed by atoms with Gasteiger partial charge in [-0.3, -0.25) is 0 Å². The standard InChI is InChI=1S/C21H18F4N4/c1-11-9-18(14-5-3-4-6-16(14)21(23,24)25)28-20(12(11)2)29-19(27)15-10-13(22)7-8-17(15)26/h3-10H,26H2,1-2H3,(H2,27,28,29). The summed E-state index contributed by atoms with van der Waals surface area (Å²) in [5.41, 5.74) is 12.8. The van der Waals surface area contributed by atoms with Gasteiger partial charge in [0.05, 0.1) is 11.3 Å². The lowest BCUT2D eigenvalue weighted by atomic mass is 10.0. The van der Waals surface area contributed by atoms with Crippen molar-refractivity contribution in [1.29, 1.82) is 0 Å². The Morgan fingerprint density at radius 2 is 1.72 bits per heavy atom. The average Bonchev–Trinajstić information content (AvgIpc) is 2.66. The molecule has 0 aliphatic carbocycles. The number of aryl methyl sites for hydroxylation is 1. The van der Waals surface area contributed by atoms with Gasteiger partial charge in [0.2, 0.25) is 0 Å². The van der Waals surface area contributed by atoms with E-state index in [4.69, 9.17) is 11.5 Å². The van der Waals surface area contributed by atoms with Crippen LogP contribution in [-0.4, -0.2) is 10.8 Å². The number of aromatic nitrogens is 1. The Labute approximate surface area is 164 Å². The zero-order valence-electron chi connectivity index (χ0n) is 15.7. The average molecular weight is 402 g/mol. The number of amidine groups is 1. The summed E-state index contributed by atoms with van der Waals surface area (Å²) in [5, 5.41) is 0. The molecule has 0 saturated carbocycles. The van der Waals surface area contributed by atoms with E-state index in [2.05, 4.69) is 9.98 Å². The molecule has 0 fully saturated rings. The monoisotopic (exact) mass is 402 g/mol. The summed E-state index contributed by atoms with van der Waals surface area (Å²) in [7, 11) is 0. The van der Waals surface area contributed by atoms with Gasteiger partial charge in [0.25, 0.3) is 0 Å². The van der Waals surface area contributed by atoms with Crippen LogP contribution < -0.4 is 11.5 Å². The van der Waals surface area contributed by atoms with Crippen molar-refractivity contribution >= 4 is 17.3 Å². The number of alkyl halides is 3. The first-order valence-corrected chi connectivity index (χ1v) is 8.62. The minimum absolute atomic E-state index is 0.0663. The molecule has 0 aliphatic rings. The number of pyridine rings is 1. The topological polar surface area (TPSA) is 77.3 Å². The van der Waals surface area contributed by atoms with E-state index in [1.807, 2.05) is 0 Å². The fourth-order valence-corrected chi connectivity index (χ4v) is 2.85. The minimum Gasteiger partial charge on any atom is -0.398 e. The number of nitrogen functional groups attached to an aromatic ring is 1. The third-order valence-corrected chi connectivity index (χ3v) is 4.53. The molecule has 4 N–H and O–H groups in total. The van der Waals surface area contributed by atoms with E-state index < -0.39 is 17.6 Å². The number of benzene rings is 2. The molecular formula is C21H18F4N4. The molecular weight excluding hydrogens is 384 g/mol. The maximum Gasteiger partial charge on any atom is 0.417 e. The fourth-order valence-electron chi connectivity index (χ4n) is 2.85. The molecule has 29 heavy (non-hydrogen) atoms. The number of aliphatic imine (C=N–C) groups is 1. The second-order valence-electron chi connectivity index (χ2n) is 6.54. The van der Waals surface area contributed by atoms with Crippen molar-refractivity contribution in [1.82, 2.24) is 4.98 Å². The molecule has 3 aromatic rings. The van der Waals surface area contributed by atoms with Crippen molar-refractivity contribution < 1.29 is 17.6 Å². The number of anilines is 1. The SMILES string of the molecule is Cc1cc(-c2ccccc2C(F)(F)F)nc(/N=C(\N)c2cc(F)ccc2N)c1C. The van der Waals surface area contributed by atoms with Crippen molar-refractivity contribution in [3.8, 4) is 11.3 Å². The van der Waals surface area contributed by atoms with E-state index in [-0.39, 0.29) is 34.2 Å². The third kappa shape index (κ3) is 4.21. The first kappa shape index (κ1) is 20.3. The summed E-state index contributed by atoms with van der Waals surface area (Å²) in [6.45, 7) is 3.46. The molecule has 3 rings (SSSR count). The van der Waals surface area contributed by atoms with Gasteiger partial charge in [-0.2, -0.15) is 13.2 Å². The smallest absolute Gasteiger partial charge is 0.398 e. The number of hydrogen-bond acceptors (Lipinski definition) is 3. The van der Waals surface area contributed by atoms with Crippen LogP contribution in [-0.2, 0) is 6.18 Å². The van der Waals surface area contributed by atoms with Crippen LogP contribution in [0.4, 0.5) is 29.1 Å². The molecule has 1 aromatic heterocycles. The van der Waals surface area contributed by atoms with Crippen LogP contribution in [0.25, 0.3) is 11.3 Å². The largest absolute Gasteiger partial charge is 0.417 e. The predicted molar refractivity (Wildman–Crippen MR) is 105 cm³/mol. The molecule has 0 radical (unpaired) electrons. The highest BCUT2D eigenvalue weighted by Crippen LogP contribution is 2.37. The van der Waals surface area contributed by atoms with Gasteiger partial charge in [-0.05, 0) is 55.3 Å². The van der Waals surface area contributed by atoms with Crippen molar-refractivity contribution in [2.75, 3.05) is 5.73 Å². The number of rotatable bonds is 3. The highest BCUT2D eigenvalue weighted by molar-refractivity contribution is 6.03. The van der Waals surface area contributed by atoms with Gasteiger partial charge >= 0.3 is 6.18 Å². The minimum atomic E-state index is -4.53. The Morgan fingerprint density at radius 3 is 2.41 bits per heavy atom. The molecule has 0 bridgehead atoms. The Bertz CT molecular complexity index is 1100. The molecule has 0 aliphatic heterocycles. The summed E-state index contributed by atoms with van der Waals surface area (Å²) in [6, 6.07) is 10.4. The van der Waals surface area contributed by atoms with E-state index in [9.17, 15) is 17.6 Å². The fraction of sp³-hybridized carbons (Fsp3) is 0.143. The normalized spacial score (nSPS) is 12.3. The second kappa shape index (κ2) is 7.54. The van der Waals surface area contributed by atoms with E-state index in [1.165, 1.54) is 30.3 Å². The van der Waals surface area contributed by atoms with Crippen LogP contribution in [0.1, 0.15) is 22.3 Å². The van der Waals surface area contributed by atoms with Gasteiger partial charge in [0.15, 0.2) is 5.82 Å². The van der Waals surface area contributed by atoms with Crippen molar-refractivity contribution in [2.24, 2.45) is 10.7 Å². The zero-order valence-corrected chi connectivity index (χ0v) is 15.7. The number of halogens is 4. The third-order valence-electron chi connectivity index (χ3n) is 4.53. The van der Waals surface area contributed by atoms with E-state index in [0.29, 0.717) is 11.1 Å². The molecule has 1 heterocycles. The van der Waals surface area contributed by atoms with Crippen molar-refractivity contribution in [3.05, 3.63) is 76.6 Å². The summed E-state index contributed by atoms with van der Waals surface area (Å²) in [6.07, 6.45) is -4.53. The second-order valence-corrected chi connectivity index (χ2v) is 6.54. The molecule has 0 spiro atoms. The number of nitrogens with two attached hydrogens (primary N) is 2. The van der Waals surface area contributed by atoms with Gasteiger partial charge in [-0.1, -0.05) is 18.2 Å². The van der Waals surface area contributed by atoms with Crippen LogP contribution in [0.2, 0.25) is 0 Å². The van der Waals surface area contributed by atoms with Gasteiger partial charge in [-0.25, -0.2) is 14.4 Å². The van der Waals surface area contributed by atoms with Gasteiger partial charge in [-0.15, -0.1) is 0 Å². The number of hydrogen-bond donors (Lipinski definition) is 2. The van der Waals surface area contributed by atoms with Crippen molar-refractivity contribution in [3.63, 3.8) is 0 Å².